The van der Waals surface area contributed by atoms with Crippen molar-refractivity contribution in [2.24, 2.45) is 5.10 Å². The highest BCUT2D eigenvalue weighted by molar-refractivity contribution is 5.52. The second kappa shape index (κ2) is 9.21. The van der Waals surface area contributed by atoms with Crippen molar-refractivity contribution in [1.82, 2.24) is 5.01 Å². The van der Waals surface area contributed by atoms with Gasteiger partial charge in [-0.3, -0.25) is 5.01 Å². The predicted molar refractivity (Wildman–Crippen MR) is 52.7 cm³/mol. The summed E-state index contributed by atoms with van der Waals surface area (Å²) >= 11 is 0. The number of hydrogen-bond donors (Lipinski definition) is 0. The first-order valence-electron chi connectivity index (χ1n) is 4.07. The third-order valence-electron chi connectivity index (χ3n) is 1.22. The maximum absolute atomic E-state index is 4.04. The van der Waals surface area contributed by atoms with E-state index in [1.54, 1.807) is 6.21 Å². The fraction of sp³-hybridized carbons (Fsp3) is 0.667. The lowest BCUT2D eigenvalue weighted by Crippen LogP contribution is -2.06. The molecule has 0 aliphatic heterocycles. The Hall–Kier alpha value is -0.790. The minimum atomic E-state index is 1.16. The number of hydrogen-bond acceptors (Lipinski definition) is 2. The van der Waals surface area contributed by atoms with E-state index < -0.39 is 0 Å². The van der Waals surface area contributed by atoms with Gasteiger partial charge in [0.25, 0.3) is 0 Å². The van der Waals surface area contributed by atoms with Gasteiger partial charge in [-0.1, -0.05) is 19.9 Å². The summed E-state index contributed by atoms with van der Waals surface area (Å²) in [5.41, 5.74) is 1.16. The molecule has 11 heavy (non-hydrogen) atoms. The van der Waals surface area contributed by atoms with Gasteiger partial charge in [-0.15, -0.1) is 0 Å². The van der Waals surface area contributed by atoms with Crippen LogP contribution in [0.1, 0.15) is 34.6 Å². The highest BCUT2D eigenvalue weighted by Gasteiger charge is 1.89. The van der Waals surface area contributed by atoms with Crippen molar-refractivity contribution in [3.8, 4) is 0 Å². The molecule has 0 radical (unpaired) electrons. The van der Waals surface area contributed by atoms with Crippen molar-refractivity contribution in [3.05, 3.63) is 11.8 Å². The molecule has 0 heterocycles. The molecule has 0 saturated carbocycles. The van der Waals surface area contributed by atoms with Gasteiger partial charge in [0, 0.05) is 19.0 Å². The monoisotopic (exact) mass is 156 g/mol. The molecule has 0 N–H and O–H groups in total. The Labute approximate surface area is 70.6 Å². The third kappa shape index (κ3) is 7.10. The molecular weight excluding hydrogens is 136 g/mol. The minimum absolute atomic E-state index is 1.16. The average molecular weight is 156 g/mol. The molecule has 2 heteroatoms. The van der Waals surface area contributed by atoms with Crippen LogP contribution in [0.3, 0.4) is 0 Å². The summed E-state index contributed by atoms with van der Waals surface area (Å²) in [6.07, 6.45) is 3.79. The molecule has 0 saturated heterocycles. The van der Waals surface area contributed by atoms with Gasteiger partial charge in [-0.2, -0.15) is 5.10 Å². The predicted octanol–water partition coefficient (Wildman–Crippen LogP) is 2.87. The molecule has 0 fully saturated rings. The number of hydrazone groups is 1. The van der Waals surface area contributed by atoms with E-state index in [9.17, 15) is 0 Å². The van der Waals surface area contributed by atoms with Crippen LogP contribution in [-0.4, -0.2) is 18.3 Å². The highest BCUT2D eigenvalue weighted by Crippen LogP contribution is 1.97. The normalized spacial score (nSPS) is 10.9. The number of allylic oxidation sites excluding steroid dienone is 2. The van der Waals surface area contributed by atoms with Crippen molar-refractivity contribution >= 4 is 6.21 Å². The van der Waals surface area contributed by atoms with Crippen molar-refractivity contribution in [2.45, 2.75) is 34.6 Å². The van der Waals surface area contributed by atoms with E-state index in [4.69, 9.17) is 0 Å². The van der Waals surface area contributed by atoms with E-state index in [-0.39, 0.29) is 0 Å². The summed E-state index contributed by atoms with van der Waals surface area (Å²) in [6.45, 7) is 9.92. The van der Waals surface area contributed by atoms with Crippen LogP contribution in [0, 0.1) is 0 Å². The maximum atomic E-state index is 4.04. The second-order valence-corrected chi connectivity index (χ2v) is 1.83. The lowest BCUT2D eigenvalue weighted by atomic mass is 10.4. The second-order valence-electron chi connectivity index (χ2n) is 1.83. The van der Waals surface area contributed by atoms with Crippen LogP contribution in [0.2, 0.25) is 0 Å². The molecule has 0 spiro atoms. The maximum Gasteiger partial charge on any atom is 0.0299 e. The first kappa shape index (κ1) is 12.8. The molecule has 66 valence electrons. The third-order valence-corrected chi connectivity index (χ3v) is 1.22. The Morgan fingerprint density at radius 2 is 1.73 bits per heavy atom. The summed E-state index contributed by atoms with van der Waals surface area (Å²) in [6, 6.07) is 0. The molecule has 0 aromatic carbocycles. The summed E-state index contributed by atoms with van der Waals surface area (Å²) in [7, 11) is 1.93. The van der Waals surface area contributed by atoms with Crippen molar-refractivity contribution in [1.29, 1.82) is 0 Å². The molecule has 0 amide bonds. The zero-order valence-electron chi connectivity index (χ0n) is 8.55. The Morgan fingerprint density at radius 3 is 2.00 bits per heavy atom. The van der Waals surface area contributed by atoms with E-state index >= 15 is 0 Å². The quantitative estimate of drug-likeness (QED) is 0.443. The van der Waals surface area contributed by atoms with Crippen LogP contribution >= 0.6 is 0 Å². The molecule has 0 aromatic rings. The van der Waals surface area contributed by atoms with E-state index in [2.05, 4.69) is 5.10 Å². The van der Waals surface area contributed by atoms with Gasteiger partial charge < -0.3 is 0 Å². The van der Waals surface area contributed by atoms with E-state index in [1.807, 2.05) is 52.8 Å². The zero-order chi connectivity index (χ0) is 9.28. The number of nitrogens with zero attached hydrogens (tertiary/aromatic N) is 2. The van der Waals surface area contributed by atoms with Crippen LogP contribution in [0.5, 0.6) is 0 Å². The minimum Gasteiger partial charge on any atom is -0.274 e. The van der Waals surface area contributed by atoms with Crippen LogP contribution in [0.25, 0.3) is 0 Å². The summed E-state index contributed by atoms with van der Waals surface area (Å²) in [5.74, 6) is 0. The van der Waals surface area contributed by atoms with Gasteiger partial charge in [-0.25, -0.2) is 0 Å². The Kier molecular flexibility index (Phi) is 10.8. The van der Waals surface area contributed by atoms with E-state index in [0.29, 0.717) is 0 Å². The van der Waals surface area contributed by atoms with Gasteiger partial charge >= 0.3 is 0 Å². The van der Waals surface area contributed by atoms with E-state index in [1.165, 1.54) is 0 Å². The molecule has 0 aliphatic carbocycles. The highest BCUT2D eigenvalue weighted by atomic mass is 15.4. The van der Waals surface area contributed by atoms with Crippen molar-refractivity contribution < 1.29 is 0 Å². The lowest BCUT2D eigenvalue weighted by molar-refractivity contribution is 0.448. The lowest BCUT2D eigenvalue weighted by Gasteiger charge is -2.11. The van der Waals surface area contributed by atoms with Crippen molar-refractivity contribution in [3.63, 3.8) is 0 Å². The molecule has 0 atom stereocenters. The Morgan fingerprint density at radius 1 is 1.27 bits per heavy atom. The largest absolute Gasteiger partial charge is 0.274 e. The van der Waals surface area contributed by atoms with Gasteiger partial charge in [-0.05, 0) is 20.8 Å². The molecule has 2 nitrogen and oxygen atoms in total. The van der Waals surface area contributed by atoms with Crippen LogP contribution in [0.4, 0.5) is 0 Å². The fourth-order valence-electron chi connectivity index (χ4n) is 0.451. The van der Waals surface area contributed by atoms with Crippen LogP contribution in [-0.2, 0) is 0 Å². The molecular formula is C9H20N2. The smallest absolute Gasteiger partial charge is 0.0299 e. The fourth-order valence-corrected chi connectivity index (χ4v) is 0.451. The summed E-state index contributed by atoms with van der Waals surface area (Å²) < 4.78 is 0. The standard InChI is InChI=1S/C7H14N2.C2H6/c1-5-7(3)9(4)8-6-2;1-2/h5-6H,1-4H3;1-2H3/b7-5-,8-6-;. The van der Waals surface area contributed by atoms with Gasteiger partial charge in [0.2, 0.25) is 0 Å². The van der Waals surface area contributed by atoms with Gasteiger partial charge in [0.1, 0.15) is 0 Å². The first-order chi connectivity index (χ1) is 5.22. The van der Waals surface area contributed by atoms with Crippen LogP contribution in [0.15, 0.2) is 16.9 Å². The Bertz CT molecular complexity index is 126. The van der Waals surface area contributed by atoms with Gasteiger partial charge in [0.15, 0.2) is 0 Å². The summed E-state index contributed by atoms with van der Waals surface area (Å²) in [4.78, 5) is 0. The zero-order valence-corrected chi connectivity index (χ0v) is 8.55. The van der Waals surface area contributed by atoms with E-state index in [0.717, 1.165) is 5.70 Å². The van der Waals surface area contributed by atoms with Gasteiger partial charge in [0.05, 0.1) is 0 Å². The molecule has 0 bridgehead atoms. The SMILES string of the molecule is C/C=N\N(C)/C(C)=C\C.CC. The molecule has 0 unspecified atom stereocenters. The average Bonchev–Trinajstić information content (AvgIpc) is 2.07. The first-order valence-corrected chi connectivity index (χ1v) is 4.07. The van der Waals surface area contributed by atoms with Crippen LogP contribution < -0.4 is 0 Å². The number of rotatable bonds is 2. The Balaban J connectivity index is 0. The topological polar surface area (TPSA) is 15.6 Å². The summed E-state index contributed by atoms with van der Waals surface area (Å²) in [5, 5.41) is 5.87. The molecule has 0 aromatic heterocycles. The molecule has 0 aliphatic rings. The molecule has 0 rings (SSSR count). The van der Waals surface area contributed by atoms with Crippen molar-refractivity contribution in [2.75, 3.05) is 7.05 Å².